The van der Waals surface area contributed by atoms with Crippen LogP contribution in [0.2, 0.25) is 5.15 Å². The van der Waals surface area contributed by atoms with Crippen LogP contribution in [0.3, 0.4) is 0 Å². The summed E-state index contributed by atoms with van der Waals surface area (Å²) in [4.78, 5) is 26.2. The number of carbonyl (C=O) groups excluding carboxylic acids is 1. The third-order valence-electron chi connectivity index (χ3n) is 4.70. The highest BCUT2D eigenvalue weighted by molar-refractivity contribution is 6.29. The number of hydrogen-bond donors (Lipinski definition) is 1. The molecule has 1 heterocycles. The number of nitrogens with one attached hydrogen (secondary N) is 1. The molecule has 0 aromatic carbocycles. The minimum atomic E-state index is -0.615. The lowest BCUT2D eigenvalue weighted by molar-refractivity contribution is -0.385. The maximum absolute atomic E-state index is 12.2. The summed E-state index contributed by atoms with van der Waals surface area (Å²) < 4.78 is 0. The van der Waals surface area contributed by atoms with Gasteiger partial charge in [0.05, 0.1) is 4.92 Å². The van der Waals surface area contributed by atoms with Crippen molar-refractivity contribution in [1.82, 2.24) is 10.3 Å². The monoisotopic (exact) mass is 309 g/mol. The zero-order valence-electron chi connectivity index (χ0n) is 11.4. The number of pyridine rings is 1. The lowest BCUT2D eigenvalue weighted by Crippen LogP contribution is -2.32. The summed E-state index contributed by atoms with van der Waals surface area (Å²) in [6.45, 7) is 0.580. The molecule has 2 fully saturated rings. The van der Waals surface area contributed by atoms with E-state index in [2.05, 4.69) is 10.3 Å². The molecule has 0 aliphatic heterocycles. The first kappa shape index (κ1) is 14.3. The van der Waals surface area contributed by atoms with Gasteiger partial charge in [-0.05, 0) is 43.1 Å². The Hall–Kier alpha value is -1.69. The zero-order chi connectivity index (χ0) is 15.0. The van der Waals surface area contributed by atoms with Crippen molar-refractivity contribution in [3.05, 3.63) is 33.1 Å². The fourth-order valence-corrected chi connectivity index (χ4v) is 3.85. The molecule has 2 aliphatic carbocycles. The summed E-state index contributed by atoms with van der Waals surface area (Å²) in [5, 5.41) is 13.8. The molecule has 2 aliphatic rings. The molecule has 2 saturated carbocycles. The summed E-state index contributed by atoms with van der Waals surface area (Å²) in [6.07, 6.45) is 5.99. The van der Waals surface area contributed by atoms with Gasteiger partial charge in [0.1, 0.15) is 16.9 Å². The largest absolute Gasteiger partial charge is 0.352 e. The number of hydrogen-bond acceptors (Lipinski definition) is 4. The van der Waals surface area contributed by atoms with Crippen molar-refractivity contribution in [3.63, 3.8) is 0 Å². The van der Waals surface area contributed by atoms with Gasteiger partial charge >= 0.3 is 0 Å². The third-order valence-corrected chi connectivity index (χ3v) is 4.91. The van der Waals surface area contributed by atoms with E-state index in [9.17, 15) is 14.9 Å². The summed E-state index contributed by atoms with van der Waals surface area (Å²) in [7, 11) is 0. The molecule has 3 rings (SSSR count). The van der Waals surface area contributed by atoms with Crippen molar-refractivity contribution in [2.45, 2.75) is 25.7 Å². The van der Waals surface area contributed by atoms with Gasteiger partial charge in [-0.3, -0.25) is 14.9 Å². The molecule has 7 heteroatoms. The van der Waals surface area contributed by atoms with Gasteiger partial charge in [0.15, 0.2) is 0 Å². The Balaban J connectivity index is 1.68. The normalized spacial score (nSPS) is 26.8. The van der Waals surface area contributed by atoms with Crippen molar-refractivity contribution < 1.29 is 9.72 Å². The molecule has 21 heavy (non-hydrogen) atoms. The molecule has 0 saturated heterocycles. The highest BCUT2D eigenvalue weighted by Gasteiger charge is 2.39. The fraction of sp³-hybridized carbons (Fsp3) is 0.571. The number of nitro groups is 1. The second-order valence-electron chi connectivity index (χ2n) is 5.93. The molecule has 3 atom stereocenters. The highest BCUT2D eigenvalue weighted by atomic mass is 35.5. The number of halogens is 1. The van der Waals surface area contributed by atoms with Gasteiger partial charge in [0.2, 0.25) is 0 Å². The number of amides is 1. The van der Waals surface area contributed by atoms with E-state index in [1.54, 1.807) is 0 Å². The number of aromatic nitrogens is 1. The molecule has 112 valence electrons. The zero-order valence-corrected chi connectivity index (χ0v) is 12.2. The topological polar surface area (TPSA) is 85.1 Å². The van der Waals surface area contributed by atoms with Crippen molar-refractivity contribution >= 4 is 23.2 Å². The molecule has 0 radical (unpaired) electrons. The van der Waals surface area contributed by atoms with Gasteiger partial charge in [-0.1, -0.05) is 18.0 Å². The predicted octanol–water partition coefficient (Wildman–Crippen LogP) is 2.81. The lowest BCUT2D eigenvalue weighted by Gasteiger charge is -2.21. The SMILES string of the molecule is O=C(NCC1CC2CCC1C2)c1cc(Cl)ncc1[N+](=O)[O-]. The number of nitrogens with zero attached hydrogens (tertiary/aromatic N) is 2. The van der Waals surface area contributed by atoms with Crippen LogP contribution in [0.15, 0.2) is 12.3 Å². The maximum atomic E-state index is 12.2. The number of fused-ring (bicyclic) bond motifs is 2. The molecule has 6 nitrogen and oxygen atoms in total. The molecular weight excluding hydrogens is 294 g/mol. The number of carbonyl (C=O) groups is 1. The molecule has 1 aromatic heterocycles. The van der Waals surface area contributed by atoms with Crippen molar-refractivity contribution in [2.75, 3.05) is 6.54 Å². The molecular formula is C14H16ClN3O3. The fourth-order valence-electron chi connectivity index (χ4n) is 3.70. The van der Waals surface area contributed by atoms with Crippen LogP contribution in [-0.2, 0) is 0 Å². The van der Waals surface area contributed by atoms with E-state index < -0.39 is 10.8 Å². The van der Waals surface area contributed by atoms with Crippen LogP contribution in [0.4, 0.5) is 5.69 Å². The van der Waals surface area contributed by atoms with Gasteiger partial charge in [-0.2, -0.15) is 0 Å². The lowest BCUT2D eigenvalue weighted by atomic mass is 9.89. The second kappa shape index (κ2) is 5.60. The first-order chi connectivity index (χ1) is 10.0. The van der Waals surface area contributed by atoms with Gasteiger partial charge in [0.25, 0.3) is 11.6 Å². The minimum Gasteiger partial charge on any atom is -0.352 e. The third kappa shape index (κ3) is 2.85. The minimum absolute atomic E-state index is 0.0249. The molecule has 0 spiro atoms. The first-order valence-corrected chi connectivity index (χ1v) is 7.50. The Kier molecular flexibility index (Phi) is 3.80. The van der Waals surface area contributed by atoms with E-state index in [1.807, 2.05) is 0 Å². The Morgan fingerprint density at radius 3 is 2.90 bits per heavy atom. The molecule has 2 bridgehead atoms. The van der Waals surface area contributed by atoms with Gasteiger partial charge in [-0.25, -0.2) is 4.98 Å². The van der Waals surface area contributed by atoms with Crippen LogP contribution >= 0.6 is 11.6 Å². The Labute approximate surface area is 127 Å². The van der Waals surface area contributed by atoms with Crippen molar-refractivity contribution in [1.29, 1.82) is 0 Å². The van der Waals surface area contributed by atoms with Crippen LogP contribution in [-0.4, -0.2) is 22.4 Å². The van der Waals surface area contributed by atoms with Crippen LogP contribution in [0.1, 0.15) is 36.0 Å². The Morgan fingerprint density at radius 2 is 2.29 bits per heavy atom. The van der Waals surface area contributed by atoms with Crippen molar-refractivity contribution in [3.8, 4) is 0 Å². The van der Waals surface area contributed by atoms with Crippen molar-refractivity contribution in [2.24, 2.45) is 17.8 Å². The van der Waals surface area contributed by atoms with E-state index in [0.29, 0.717) is 18.4 Å². The van der Waals surface area contributed by atoms with Gasteiger partial charge in [0, 0.05) is 6.54 Å². The van der Waals surface area contributed by atoms with Crippen LogP contribution in [0.25, 0.3) is 0 Å². The van der Waals surface area contributed by atoms with Gasteiger partial charge < -0.3 is 5.32 Å². The van der Waals surface area contributed by atoms with Crippen LogP contribution in [0.5, 0.6) is 0 Å². The first-order valence-electron chi connectivity index (χ1n) is 7.12. The molecule has 3 unspecified atom stereocenters. The second-order valence-corrected chi connectivity index (χ2v) is 6.31. The predicted molar refractivity (Wildman–Crippen MR) is 77.2 cm³/mol. The standard InChI is InChI=1S/C14H16ClN3O3/c15-13-5-11(12(7-16-13)18(20)21)14(19)17-6-10-4-8-1-2-9(10)3-8/h5,7-10H,1-4,6H2,(H,17,19). The summed E-state index contributed by atoms with van der Waals surface area (Å²) >= 11 is 5.73. The molecule has 1 amide bonds. The Bertz CT molecular complexity index is 593. The summed E-state index contributed by atoms with van der Waals surface area (Å²) in [6, 6.07) is 1.25. The average molecular weight is 310 g/mol. The maximum Gasteiger partial charge on any atom is 0.300 e. The molecule has 1 N–H and O–H groups in total. The average Bonchev–Trinajstić information content (AvgIpc) is 3.06. The van der Waals surface area contributed by atoms with Crippen LogP contribution < -0.4 is 5.32 Å². The van der Waals surface area contributed by atoms with Crippen LogP contribution in [0, 0.1) is 27.9 Å². The highest BCUT2D eigenvalue weighted by Crippen LogP contribution is 2.47. The smallest absolute Gasteiger partial charge is 0.300 e. The number of rotatable bonds is 4. The van der Waals surface area contributed by atoms with E-state index in [4.69, 9.17) is 11.6 Å². The summed E-state index contributed by atoms with van der Waals surface area (Å²) in [5.74, 6) is 1.56. The van der Waals surface area contributed by atoms with E-state index in [0.717, 1.165) is 18.5 Å². The van der Waals surface area contributed by atoms with Gasteiger partial charge in [-0.15, -0.1) is 0 Å². The van der Waals surface area contributed by atoms with E-state index >= 15 is 0 Å². The summed E-state index contributed by atoms with van der Waals surface area (Å²) in [5.41, 5.74) is -0.340. The van der Waals surface area contributed by atoms with E-state index in [1.165, 1.54) is 25.3 Å². The Morgan fingerprint density at radius 1 is 1.48 bits per heavy atom. The van der Waals surface area contributed by atoms with E-state index in [-0.39, 0.29) is 16.4 Å². The molecule has 1 aromatic rings. The quantitative estimate of drug-likeness (QED) is 0.526.